The van der Waals surface area contributed by atoms with Gasteiger partial charge in [0.2, 0.25) is 0 Å². The van der Waals surface area contributed by atoms with Crippen LogP contribution in [0.5, 0.6) is 5.75 Å². The molecule has 1 heterocycles. The maximum absolute atomic E-state index is 14.0. The van der Waals surface area contributed by atoms with Crippen molar-refractivity contribution in [2.75, 3.05) is 13.7 Å². The van der Waals surface area contributed by atoms with E-state index in [0.29, 0.717) is 24.3 Å². The van der Waals surface area contributed by atoms with Gasteiger partial charge in [0.05, 0.1) is 18.7 Å². The fraction of sp³-hybridized carbons (Fsp3) is 0.235. The Bertz CT molecular complexity index is 734. The topological polar surface area (TPSA) is 45.0 Å². The van der Waals surface area contributed by atoms with Crippen LogP contribution < -0.4 is 10.1 Å². The van der Waals surface area contributed by atoms with E-state index in [1.165, 1.54) is 6.07 Å². The third-order valence-electron chi connectivity index (χ3n) is 3.85. The normalized spacial score (nSPS) is 13.4. The molecule has 4 heteroatoms. The Balaban J connectivity index is 2.20. The van der Waals surface area contributed by atoms with E-state index in [-0.39, 0.29) is 5.82 Å². The van der Waals surface area contributed by atoms with Gasteiger partial charge in [-0.05, 0) is 53.9 Å². The van der Waals surface area contributed by atoms with Crippen molar-refractivity contribution in [3.8, 4) is 22.9 Å². The summed E-state index contributed by atoms with van der Waals surface area (Å²) in [5.74, 6) is 0.483. The molecule has 3 rings (SSSR count). The Morgan fingerprint density at radius 1 is 1.19 bits per heavy atom. The highest BCUT2D eigenvalue weighted by atomic mass is 19.1. The Hall–Kier alpha value is -2.38. The summed E-state index contributed by atoms with van der Waals surface area (Å²) in [6.07, 6.45) is 0.688. The van der Waals surface area contributed by atoms with Gasteiger partial charge in [-0.2, -0.15) is 5.26 Å². The van der Waals surface area contributed by atoms with Crippen LogP contribution in [0.15, 0.2) is 30.3 Å². The first-order chi connectivity index (χ1) is 10.2. The third-order valence-corrected chi connectivity index (χ3v) is 3.85. The number of halogens is 1. The molecular formula is C17H15FN2O. The fourth-order valence-electron chi connectivity index (χ4n) is 2.80. The summed E-state index contributed by atoms with van der Waals surface area (Å²) in [5.41, 5.74) is 4.14. The molecule has 0 unspecified atom stereocenters. The van der Waals surface area contributed by atoms with Gasteiger partial charge in [-0.25, -0.2) is 4.39 Å². The Morgan fingerprint density at radius 2 is 2.00 bits per heavy atom. The molecule has 3 nitrogen and oxygen atoms in total. The van der Waals surface area contributed by atoms with Crippen molar-refractivity contribution in [3.05, 3.63) is 52.8 Å². The third kappa shape index (κ3) is 2.37. The summed E-state index contributed by atoms with van der Waals surface area (Å²) in [6, 6.07) is 10.7. The predicted molar refractivity (Wildman–Crippen MR) is 78.5 cm³/mol. The van der Waals surface area contributed by atoms with Crippen LogP contribution in [0, 0.1) is 17.1 Å². The number of methoxy groups -OCH3 is 1. The van der Waals surface area contributed by atoms with E-state index in [0.717, 1.165) is 28.8 Å². The summed E-state index contributed by atoms with van der Waals surface area (Å²) >= 11 is 0. The van der Waals surface area contributed by atoms with Crippen LogP contribution in [0.4, 0.5) is 4.39 Å². The number of benzene rings is 2. The van der Waals surface area contributed by atoms with E-state index >= 15 is 0 Å². The van der Waals surface area contributed by atoms with Crippen molar-refractivity contribution >= 4 is 0 Å². The van der Waals surface area contributed by atoms with E-state index in [1.807, 2.05) is 6.07 Å². The van der Waals surface area contributed by atoms with Gasteiger partial charge in [0.15, 0.2) is 0 Å². The van der Waals surface area contributed by atoms with Crippen molar-refractivity contribution in [1.29, 1.82) is 5.26 Å². The lowest BCUT2D eigenvalue weighted by atomic mass is 9.90. The van der Waals surface area contributed by atoms with E-state index in [1.54, 1.807) is 25.3 Å². The van der Waals surface area contributed by atoms with Crippen molar-refractivity contribution in [3.63, 3.8) is 0 Å². The maximum Gasteiger partial charge on any atom is 0.128 e. The highest BCUT2D eigenvalue weighted by Crippen LogP contribution is 2.36. The average Bonchev–Trinajstić information content (AvgIpc) is 2.55. The monoisotopic (exact) mass is 282 g/mol. The molecule has 2 aromatic carbocycles. The second-order valence-electron chi connectivity index (χ2n) is 5.01. The number of nitriles is 1. The number of hydrogen-bond acceptors (Lipinski definition) is 3. The van der Waals surface area contributed by atoms with Gasteiger partial charge in [0.25, 0.3) is 0 Å². The Kier molecular flexibility index (Phi) is 3.59. The molecule has 1 aliphatic rings. The molecule has 0 amide bonds. The van der Waals surface area contributed by atoms with Crippen LogP contribution in [0.1, 0.15) is 16.7 Å². The molecule has 0 aromatic heterocycles. The van der Waals surface area contributed by atoms with Crippen LogP contribution in [-0.4, -0.2) is 13.7 Å². The van der Waals surface area contributed by atoms with E-state index in [2.05, 4.69) is 11.4 Å². The molecule has 0 bridgehead atoms. The van der Waals surface area contributed by atoms with Crippen LogP contribution in [0.3, 0.4) is 0 Å². The Morgan fingerprint density at radius 3 is 2.76 bits per heavy atom. The van der Waals surface area contributed by atoms with Gasteiger partial charge in [0.1, 0.15) is 11.6 Å². The zero-order valence-electron chi connectivity index (χ0n) is 11.7. The molecule has 2 aromatic rings. The fourth-order valence-corrected chi connectivity index (χ4v) is 2.80. The summed E-state index contributed by atoms with van der Waals surface area (Å²) in [7, 11) is 1.58. The first-order valence-corrected chi connectivity index (χ1v) is 6.84. The van der Waals surface area contributed by atoms with Gasteiger partial charge in [-0.3, -0.25) is 0 Å². The molecule has 0 saturated heterocycles. The molecule has 0 aliphatic carbocycles. The van der Waals surface area contributed by atoms with Gasteiger partial charge < -0.3 is 10.1 Å². The summed E-state index contributed by atoms with van der Waals surface area (Å²) in [5, 5.41) is 12.3. The lowest BCUT2D eigenvalue weighted by molar-refractivity contribution is 0.416. The minimum Gasteiger partial charge on any atom is -0.496 e. The summed E-state index contributed by atoms with van der Waals surface area (Å²) < 4.78 is 19.4. The van der Waals surface area contributed by atoms with E-state index < -0.39 is 0 Å². The largest absolute Gasteiger partial charge is 0.496 e. The molecule has 0 saturated carbocycles. The minimum atomic E-state index is -0.150. The van der Waals surface area contributed by atoms with Crippen LogP contribution in [0.2, 0.25) is 0 Å². The van der Waals surface area contributed by atoms with Gasteiger partial charge in [0, 0.05) is 12.1 Å². The molecule has 0 atom stereocenters. The van der Waals surface area contributed by atoms with Crippen LogP contribution in [-0.2, 0) is 13.0 Å². The number of rotatable bonds is 2. The first-order valence-electron chi connectivity index (χ1n) is 6.84. The Labute approximate surface area is 123 Å². The minimum absolute atomic E-state index is 0.150. The average molecular weight is 282 g/mol. The maximum atomic E-state index is 14.0. The number of hydrogen-bond donors (Lipinski definition) is 1. The zero-order chi connectivity index (χ0) is 14.8. The molecule has 1 N–H and O–H groups in total. The molecule has 0 fully saturated rings. The van der Waals surface area contributed by atoms with Gasteiger partial charge in [-0.1, -0.05) is 6.07 Å². The molecule has 0 radical (unpaired) electrons. The van der Waals surface area contributed by atoms with Crippen molar-refractivity contribution in [2.24, 2.45) is 0 Å². The lowest BCUT2D eigenvalue weighted by Gasteiger charge is -2.22. The van der Waals surface area contributed by atoms with Crippen molar-refractivity contribution in [2.45, 2.75) is 13.0 Å². The first kappa shape index (κ1) is 13.6. The lowest BCUT2D eigenvalue weighted by Crippen LogP contribution is -2.25. The number of fused-ring (bicyclic) bond motifs is 1. The van der Waals surface area contributed by atoms with Crippen LogP contribution in [0.25, 0.3) is 11.1 Å². The molecule has 0 spiro atoms. The van der Waals surface area contributed by atoms with Crippen LogP contribution >= 0.6 is 0 Å². The van der Waals surface area contributed by atoms with Gasteiger partial charge >= 0.3 is 0 Å². The highest BCUT2D eigenvalue weighted by Gasteiger charge is 2.19. The quantitative estimate of drug-likeness (QED) is 0.921. The molecular weight excluding hydrogens is 267 g/mol. The summed E-state index contributed by atoms with van der Waals surface area (Å²) in [4.78, 5) is 0. The van der Waals surface area contributed by atoms with Crippen molar-refractivity contribution < 1.29 is 9.13 Å². The number of ether oxygens (including phenoxy) is 1. The molecule has 21 heavy (non-hydrogen) atoms. The van der Waals surface area contributed by atoms with Gasteiger partial charge in [-0.15, -0.1) is 0 Å². The zero-order valence-corrected chi connectivity index (χ0v) is 11.7. The SMILES string of the molecule is COc1cc(C#N)ccc1-c1ccc(F)c2c1CNCC2. The van der Waals surface area contributed by atoms with E-state index in [9.17, 15) is 4.39 Å². The summed E-state index contributed by atoms with van der Waals surface area (Å²) in [6.45, 7) is 1.43. The molecule has 106 valence electrons. The second-order valence-corrected chi connectivity index (χ2v) is 5.01. The number of nitrogens with zero attached hydrogens (tertiary/aromatic N) is 1. The smallest absolute Gasteiger partial charge is 0.128 e. The molecule has 1 aliphatic heterocycles. The van der Waals surface area contributed by atoms with E-state index in [4.69, 9.17) is 10.00 Å². The second kappa shape index (κ2) is 5.55. The predicted octanol–water partition coefficient (Wildman–Crippen LogP) is 3.02. The number of nitrogens with one attached hydrogen (secondary N) is 1. The highest BCUT2D eigenvalue weighted by molar-refractivity contribution is 5.75. The van der Waals surface area contributed by atoms with Crippen molar-refractivity contribution in [1.82, 2.24) is 5.32 Å². The standard InChI is InChI=1S/C17H15FN2O/c1-21-17-8-11(9-19)2-3-14(17)12-4-5-16(18)13-6-7-20-10-15(12)13/h2-5,8,20H,6-7,10H2,1H3.